The number of unbranched alkanes of at least 4 members (excludes halogenated alkanes) is 22. The lowest BCUT2D eigenvalue weighted by Gasteiger charge is -2.18. The molecule has 0 aliphatic heterocycles. The molecule has 0 aliphatic carbocycles. The minimum atomic E-state index is -4.76. The van der Waals surface area contributed by atoms with Crippen molar-refractivity contribution < 1.29 is 37.9 Å². The molecule has 9 heteroatoms. The van der Waals surface area contributed by atoms with Crippen molar-refractivity contribution in [2.45, 2.75) is 206 Å². The van der Waals surface area contributed by atoms with Crippen LogP contribution in [0.2, 0.25) is 0 Å². The first-order valence-corrected chi connectivity index (χ1v) is 22.3. The van der Waals surface area contributed by atoms with Gasteiger partial charge in [-0.1, -0.05) is 159 Å². The standard InChI is InChI=1S/C42H77O8P/c1-3-5-7-9-11-13-15-17-19-20-21-22-23-25-27-29-31-33-35-37-42(44)50-40(39-49-51(45,46)47)38-48-41(43)36-34-32-30-28-26-24-18-16-14-12-10-8-6-4-2/h10,12,16-19,40H,3-9,11,13-15,20-39H2,1-2H3,(H2,45,46,47)/b12-10+,18-16+,19-17+/t40-/m1/s1. The van der Waals surface area contributed by atoms with E-state index in [2.05, 4.69) is 54.8 Å². The van der Waals surface area contributed by atoms with Crippen LogP contribution in [0.15, 0.2) is 36.5 Å². The molecule has 8 nitrogen and oxygen atoms in total. The van der Waals surface area contributed by atoms with Gasteiger partial charge in [-0.2, -0.15) is 0 Å². The molecule has 0 aromatic carbocycles. The Hall–Kier alpha value is -1.73. The lowest BCUT2D eigenvalue weighted by molar-refractivity contribution is -0.161. The first kappa shape index (κ1) is 49.3. The van der Waals surface area contributed by atoms with E-state index in [0.717, 1.165) is 64.2 Å². The maximum atomic E-state index is 12.4. The van der Waals surface area contributed by atoms with Crippen LogP contribution in [0.1, 0.15) is 200 Å². The second-order valence-electron chi connectivity index (χ2n) is 14.0. The first-order valence-electron chi connectivity index (χ1n) is 20.8. The highest BCUT2D eigenvalue weighted by Gasteiger charge is 2.22. The zero-order valence-electron chi connectivity index (χ0n) is 32.8. The van der Waals surface area contributed by atoms with E-state index in [4.69, 9.17) is 19.3 Å². The molecular weight excluding hydrogens is 663 g/mol. The van der Waals surface area contributed by atoms with E-state index in [9.17, 15) is 14.2 Å². The highest BCUT2D eigenvalue weighted by Crippen LogP contribution is 2.36. The van der Waals surface area contributed by atoms with Gasteiger partial charge in [0, 0.05) is 12.8 Å². The summed E-state index contributed by atoms with van der Waals surface area (Å²) in [7, 11) is -4.76. The Morgan fingerprint density at radius 1 is 0.510 bits per heavy atom. The minimum Gasteiger partial charge on any atom is -0.462 e. The van der Waals surface area contributed by atoms with Crippen molar-refractivity contribution >= 4 is 19.8 Å². The lowest BCUT2D eigenvalue weighted by atomic mass is 10.1. The van der Waals surface area contributed by atoms with Crippen LogP contribution >= 0.6 is 7.82 Å². The third-order valence-electron chi connectivity index (χ3n) is 8.88. The molecule has 2 N–H and O–H groups in total. The molecule has 0 rings (SSSR count). The number of hydrogen-bond acceptors (Lipinski definition) is 6. The van der Waals surface area contributed by atoms with Gasteiger partial charge in [0.25, 0.3) is 0 Å². The van der Waals surface area contributed by atoms with Gasteiger partial charge in [0.05, 0.1) is 6.61 Å². The average Bonchev–Trinajstić information content (AvgIpc) is 3.10. The molecule has 0 aliphatic rings. The van der Waals surface area contributed by atoms with Gasteiger partial charge in [0.15, 0.2) is 6.10 Å². The Kier molecular flexibility index (Phi) is 36.7. The summed E-state index contributed by atoms with van der Waals surface area (Å²) in [5.74, 6) is -0.900. The molecule has 0 spiro atoms. The van der Waals surface area contributed by atoms with Crippen molar-refractivity contribution in [1.82, 2.24) is 0 Å². The number of carbonyl (C=O) groups is 2. The van der Waals surface area contributed by atoms with E-state index in [1.807, 2.05) is 0 Å². The smallest absolute Gasteiger partial charge is 0.462 e. The van der Waals surface area contributed by atoms with Gasteiger partial charge in [-0.3, -0.25) is 14.1 Å². The maximum absolute atomic E-state index is 12.4. The van der Waals surface area contributed by atoms with E-state index in [1.165, 1.54) is 96.3 Å². The summed E-state index contributed by atoms with van der Waals surface area (Å²) in [4.78, 5) is 42.8. The van der Waals surface area contributed by atoms with Gasteiger partial charge in [0.1, 0.15) is 6.61 Å². The van der Waals surface area contributed by atoms with Gasteiger partial charge in [-0.05, 0) is 64.2 Å². The van der Waals surface area contributed by atoms with Gasteiger partial charge in [-0.15, -0.1) is 0 Å². The van der Waals surface area contributed by atoms with Gasteiger partial charge in [-0.25, -0.2) is 4.57 Å². The molecule has 51 heavy (non-hydrogen) atoms. The zero-order chi connectivity index (χ0) is 37.5. The molecule has 0 radical (unpaired) electrons. The summed E-state index contributed by atoms with van der Waals surface area (Å²) in [5.41, 5.74) is 0. The number of allylic oxidation sites excluding steroid dienone is 6. The lowest BCUT2D eigenvalue weighted by Crippen LogP contribution is -2.29. The quantitative estimate of drug-likeness (QED) is 0.0278. The van der Waals surface area contributed by atoms with Crippen molar-refractivity contribution in [2.24, 2.45) is 0 Å². The van der Waals surface area contributed by atoms with Crippen LogP contribution in [0, 0.1) is 0 Å². The van der Waals surface area contributed by atoms with E-state index in [-0.39, 0.29) is 19.4 Å². The van der Waals surface area contributed by atoms with Crippen molar-refractivity contribution in [1.29, 1.82) is 0 Å². The summed E-state index contributed by atoms with van der Waals surface area (Å²) >= 11 is 0. The number of ether oxygens (including phenoxy) is 2. The highest BCUT2D eigenvalue weighted by atomic mass is 31.2. The monoisotopic (exact) mass is 741 g/mol. The van der Waals surface area contributed by atoms with Crippen LogP contribution in [-0.4, -0.2) is 41.0 Å². The number of carbonyl (C=O) groups excluding carboxylic acids is 2. The minimum absolute atomic E-state index is 0.207. The summed E-state index contributed by atoms with van der Waals surface area (Å²) in [6.07, 6.45) is 44.3. The second kappa shape index (κ2) is 38.0. The summed E-state index contributed by atoms with van der Waals surface area (Å²) in [6.45, 7) is 3.63. The molecule has 0 bridgehead atoms. The Morgan fingerprint density at radius 2 is 0.902 bits per heavy atom. The summed E-state index contributed by atoms with van der Waals surface area (Å²) in [5, 5.41) is 0. The van der Waals surface area contributed by atoms with E-state index in [0.29, 0.717) is 12.8 Å². The Labute approximate surface area is 312 Å². The molecule has 0 fully saturated rings. The van der Waals surface area contributed by atoms with E-state index >= 15 is 0 Å². The average molecular weight is 741 g/mol. The van der Waals surface area contributed by atoms with Gasteiger partial charge in [0.2, 0.25) is 0 Å². The molecule has 0 amide bonds. The Balaban J connectivity index is 3.92. The largest absolute Gasteiger partial charge is 0.469 e. The highest BCUT2D eigenvalue weighted by molar-refractivity contribution is 7.46. The Bertz CT molecular complexity index is 926. The summed E-state index contributed by atoms with van der Waals surface area (Å²) in [6, 6.07) is 0. The fourth-order valence-electron chi connectivity index (χ4n) is 5.74. The van der Waals surface area contributed by atoms with Crippen LogP contribution in [0.4, 0.5) is 0 Å². The predicted molar refractivity (Wildman–Crippen MR) is 211 cm³/mol. The molecule has 0 unspecified atom stereocenters. The third kappa shape index (κ3) is 40.9. The second-order valence-corrected chi connectivity index (χ2v) is 15.2. The van der Waals surface area contributed by atoms with Crippen LogP contribution in [-0.2, 0) is 28.2 Å². The molecule has 0 aromatic rings. The molecule has 1 atom stereocenters. The number of rotatable bonds is 38. The van der Waals surface area contributed by atoms with Gasteiger partial charge >= 0.3 is 19.8 Å². The fraction of sp³-hybridized carbons (Fsp3) is 0.810. The normalized spacial score (nSPS) is 12.8. The molecule has 0 heterocycles. The number of esters is 2. The van der Waals surface area contributed by atoms with E-state index in [1.54, 1.807) is 0 Å². The van der Waals surface area contributed by atoms with Crippen molar-refractivity contribution in [3.05, 3.63) is 36.5 Å². The van der Waals surface area contributed by atoms with Crippen LogP contribution in [0.5, 0.6) is 0 Å². The van der Waals surface area contributed by atoms with Crippen LogP contribution in [0.3, 0.4) is 0 Å². The first-order chi connectivity index (χ1) is 24.8. The Morgan fingerprint density at radius 3 is 1.37 bits per heavy atom. The number of hydrogen-bond donors (Lipinski definition) is 2. The van der Waals surface area contributed by atoms with Crippen molar-refractivity contribution in [3.63, 3.8) is 0 Å². The van der Waals surface area contributed by atoms with Gasteiger partial charge < -0.3 is 19.3 Å². The van der Waals surface area contributed by atoms with Crippen LogP contribution < -0.4 is 0 Å². The molecule has 0 saturated heterocycles. The molecule has 0 aromatic heterocycles. The molecule has 0 saturated carbocycles. The molecular formula is C42H77O8P. The van der Waals surface area contributed by atoms with Crippen LogP contribution in [0.25, 0.3) is 0 Å². The number of phosphoric ester groups is 1. The SMILES string of the molecule is CCCC/C=C/C/C=C/CCCCCCCC(=O)OC[C@H](COP(=O)(O)O)OC(=O)CCCCCCCCCCC/C=C/CCCCCCCC. The number of phosphoric acid groups is 1. The zero-order valence-corrected chi connectivity index (χ0v) is 33.6. The topological polar surface area (TPSA) is 119 Å². The third-order valence-corrected chi connectivity index (χ3v) is 9.37. The van der Waals surface area contributed by atoms with Crippen molar-refractivity contribution in [2.75, 3.05) is 13.2 Å². The fourth-order valence-corrected chi connectivity index (χ4v) is 6.10. The van der Waals surface area contributed by atoms with E-state index < -0.39 is 32.5 Å². The van der Waals surface area contributed by atoms with Crippen molar-refractivity contribution in [3.8, 4) is 0 Å². The summed E-state index contributed by atoms with van der Waals surface area (Å²) < 4.78 is 26.4. The molecule has 298 valence electrons. The predicted octanol–water partition coefficient (Wildman–Crippen LogP) is 12.6. The maximum Gasteiger partial charge on any atom is 0.469 e.